The Balaban J connectivity index is 2.02. The number of nitrogens with two attached hydrogens (primary N) is 1. The summed E-state index contributed by atoms with van der Waals surface area (Å²) in [6.45, 7) is 0.501. The van der Waals surface area contributed by atoms with E-state index in [0.717, 1.165) is 30.5 Å². The van der Waals surface area contributed by atoms with E-state index in [1.165, 1.54) is 0 Å². The summed E-state index contributed by atoms with van der Waals surface area (Å²) in [7, 11) is 1.65. The summed E-state index contributed by atoms with van der Waals surface area (Å²) in [6.07, 6.45) is 2.62. The van der Waals surface area contributed by atoms with Crippen molar-refractivity contribution in [1.29, 1.82) is 0 Å². The fourth-order valence-electron chi connectivity index (χ4n) is 2.41. The van der Waals surface area contributed by atoms with Crippen LogP contribution in [0, 0.1) is 5.92 Å². The molecule has 0 aliphatic heterocycles. The minimum absolute atomic E-state index is 0.0515. The van der Waals surface area contributed by atoms with Crippen LogP contribution in [0.1, 0.15) is 24.8 Å². The van der Waals surface area contributed by atoms with E-state index in [-0.39, 0.29) is 17.9 Å². The average molecular weight is 248 g/mol. The lowest BCUT2D eigenvalue weighted by Gasteiger charge is -2.13. The van der Waals surface area contributed by atoms with Crippen LogP contribution in [0.15, 0.2) is 24.3 Å². The lowest BCUT2D eigenvalue weighted by molar-refractivity contribution is -0.119. The van der Waals surface area contributed by atoms with E-state index in [4.69, 9.17) is 10.5 Å². The highest BCUT2D eigenvalue weighted by atomic mass is 16.5. The van der Waals surface area contributed by atoms with Gasteiger partial charge < -0.3 is 15.8 Å². The topological polar surface area (TPSA) is 64.3 Å². The summed E-state index contributed by atoms with van der Waals surface area (Å²) in [5, 5.41) is 2.98. The quantitative estimate of drug-likeness (QED) is 0.855. The van der Waals surface area contributed by atoms with Crippen LogP contribution in [0.5, 0.6) is 0 Å². The van der Waals surface area contributed by atoms with Crippen molar-refractivity contribution in [2.24, 2.45) is 11.7 Å². The van der Waals surface area contributed by atoms with Crippen LogP contribution in [0.4, 0.5) is 5.69 Å². The lowest BCUT2D eigenvalue weighted by atomic mass is 10.1. The predicted octanol–water partition coefficient (Wildman–Crippen LogP) is 1.90. The zero-order valence-electron chi connectivity index (χ0n) is 10.7. The van der Waals surface area contributed by atoms with Crippen LogP contribution in [0.2, 0.25) is 0 Å². The van der Waals surface area contributed by atoms with Crippen molar-refractivity contribution < 1.29 is 9.53 Å². The minimum atomic E-state index is 0.0515. The molecule has 4 heteroatoms. The number of para-hydroxylation sites is 1. The highest BCUT2D eigenvalue weighted by Crippen LogP contribution is 2.26. The molecule has 2 atom stereocenters. The second kappa shape index (κ2) is 5.98. The van der Waals surface area contributed by atoms with E-state index in [9.17, 15) is 4.79 Å². The molecule has 4 nitrogen and oxygen atoms in total. The van der Waals surface area contributed by atoms with Crippen LogP contribution in [-0.4, -0.2) is 19.1 Å². The van der Waals surface area contributed by atoms with Crippen molar-refractivity contribution in [3.8, 4) is 0 Å². The van der Waals surface area contributed by atoms with Crippen LogP contribution < -0.4 is 11.1 Å². The van der Waals surface area contributed by atoms with Gasteiger partial charge in [-0.2, -0.15) is 0 Å². The Kier molecular flexibility index (Phi) is 4.33. The van der Waals surface area contributed by atoms with Gasteiger partial charge in [0.2, 0.25) is 5.91 Å². The molecule has 0 radical (unpaired) electrons. The molecule has 1 saturated carbocycles. The lowest BCUT2D eigenvalue weighted by Crippen LogP contribution is -2.23. The normalized spacial score (nSPS) is 23.0. The molecule has 1 amide bonds. The van der Waals surface area contributed by atoms with Crippen molar-refractivity contribution in [3.05, 3.63) is 29.8 Å². The molecule has 2 rings (SSSR count). The van der Waals surface area contributed by atoms with Crippen molar-refractivity contribution in [2.45, 2.75) is 31.9 Å². The first-order valence-corrected chi connectivity index (χ1v) is 6.34. The Morgan fingerprint density at radius 3 is 2.89 bits per heavy atom. The van der Waals surface area contributed by atoms with Gasteiger partial charge in [-0.15, -0.1) is 0 Å². The molecule has 1 aromatic carbocycles. The number of anilines is 1. The van der Waals surface area contributed by atoms with Gasteiger partial charge in [-0.1, -0.05) is 18.2 Å². The molecule has 2 unspecified atom stereocenters. The third-order valence-corrected chi connectivity index (χ3v) is 3.42. The molecule has 1 aliphatic carbocycles. The first kappa shape index (κ1) is 13.1. The summed E-state index contributed by atoms with van der Waals surface area (Å²) >= 11 is 0. The third-order valence-electron chi connectivity index (χ3n) is 3.42. The number of carbonyl (C=O) groups excluding carboxylic acids is 1. The molecular formula is C14H20N2O2. The fraction of sp³-hybridized carbons (Fsp3) is 0.500. The first-order valence-electron chi connectivity index (χ1n) is 6.34. The highest BCUT2D eigenvalue weighted by Gasteiger charge is 2.27. The standard InChI is InChI=1S/C14H20N2O2/c1-18-9-11-4-2-3-5-13(11)16-14(17)10-6-7-12(15)8-10/h2-5,10,12H,6-9,15H2,1H3,(H,16,17). The molecule has 0 heterocycles. The Morgan fingerprint density at radius 1 is 1.44 bits per heavy atom. The van der Waals surface area contributed by atoms with Crippen molar-refractivity contribution in [1.82, 2.24) is 0 Å². The van der Waals surface area contributed by atoms with Gasteiger partial charge in [0.25, 0.3) is 0 Å². The molecule has 0 aromatic heterocycles. The number of amides is 1. The SMILES string of the molecule is COCc1ccccc1NC(=O)C1CCC(N)C1. The number of hydrogen-bond donors (Lipinski definition) is 2. The molecular weight excluding hydrogens is 228 g/mol. The van der Waals surface area contributed by atoms with Gasteiger partial charge in [0.15, 0.2) is 0 Å². The number of carbonyl (C=O) groups is 1. The molecule has 0 saturated heterocycles. The maximum absolute atomic E-state index is 12.1. The molecule has 18 heavy (non-hydrogen) atoms. The Morgan fingerprint density at radius 2 is 2.22 bits per heavy atom. The molecule has 1 aliphatic rings. The fourth-order valence-corrected chi connectivity index (χ4v) is 2.41. The Bertz CT molecular complexity index is 420. The summed E-state index contributed by atoms with van der Waals surface area (Å²) in [5.74, 6) is 0.127. The largest absolute Gasteiger partial charge is 0.380 e. The van der Waals surface area contributed by atoms with Crippen LogP contribution in [-0.2, 0) is 16.1 Å². The van der Waals surface area contributed by atoms with Gasteiger partial charge in [0.05, 0.1) is 6.61 Å². The molecule has 0 bridgehead atoms. The smallest absolute Gasteiger partial charge is 0.227 e. The number of rotatable bonds is 4. The van der Waals surface area contributed by atoms with Gasteiger partial charge in [-0.05, 0) is 25.3 Å². The molecule has 1 aromatic rings. The highest BCUT2D eigenvalue weighted by molar-refractivity contribution is 5.93. The zero-order valence-corrected chi connectivity index (χ0v) is 10.7. The van der Waals surface area contributed by atoms with Gasteiger partial charge >= 0.3 is 0 Å². The van der Waals surface area contributed by atoms with Crippen LogP contribution in [0.3, 0.4) is 0 Å². The van der Waals surface area contributed by atoms with Crippen LogP contribution in [0.25, 0.3) is 0 Å². The molecule has 3 N–H and O–H groups in total. The zero-order chi connectivity index (χ0) is 13.0. The van der Waals surface area contributed by atoms with E-state index in [1.54, 1.807) is 7.11 Å². The number of ether oxygens (including phenoxy) is 1. The number of methoxy groups -OCH3 is 1. The Hall–Kier alpha value is -1.39. The maximum atomic E-state index is 12.1. The van der Waals surface area contributed by atoms with Gasteiger partial charge in [-0.25, -0.2) is 0 Å². The summed E-state index contributed by atoms with van der Waals surface area (Å²) < 4.78 is 5.12. The predicted molar refractivity (Wildman–Crippen MR) is 71.1 cm³/mol. The summed E-state index contributed by atoms with van der Waals surface area (Å²) in [6, 6.07) is 7.89. The second-order valence-corrected chi connectivity index (χ2v) is 4.85. The van der Waals surface area contributed by atoms with Crippen molar-refractivity contribution >= 4 is 11.6 Å². The average Bonchev–Trinajstić information content (AvgIpc) is 2.79. The van der Waals surface area contributed by atoms with Gasteiger partial charge in [-0.3, -0.25) is 4.79 Å². The van der Waals surface area contributed by atoms with E-state index in [2.05, 4.69) is 5.32 Å². The van der Waals surface area contributed by atoms with Crippen molar-refractivity contribution in [2.75, 3.05) is 12.4 Å². The number of hydrogen-bond acceptors (Lipinski definition) is 3. The van der Waals surface area contributed by atoms with Crippen LogP contribution >= 0.6 is 0 Å². The van der Waals surface area contributed by atoms with E-state index in [0.29, 0.717) is 6.61 Å². The monoisotopic (exact) mass is 248 g/mol. The Labute approximate surface area is 108 Å². The maximum Gasteiger partial charge on any atom is 0.227 e. The summed E-state index contributed by atoms with van der Waals surface area (Å²) in [4.78, 5) is 12.1. The second-order valence-electron chi connectivity index (χ2n) is 4.85. The van der Waals surface area contributed by atoms with Gasteiger partial charge in [0, 0.05) is 30.3 Å². The third kappa shape index (κ3) is 3.09. The molecule has 1 fully saturated rings. The van der Waals surface area contributed by atoms with Crippen molar-refractivity contribution in [3.63, 3.8) is 0 Å². The van der Waals surface area contributed by atoms with E-state index < -0.39 is 0 Å². The van der Waals surface area contributed by atoms with Gasteiger partial charge in [0.1, 0.15) is 0 Å². The molecule has 0 spiro atoms. The number of benzene rings is 1. The summed E-state index contributed by atoms with van der Waals surface area (Å²) in [5.41, 5.74) is 7.67. The van der Waals surface area contributed by atoms with E-state index >= 15 is 0 Å². The number of nitrogens with one attached hydrogen (secondary N) is 1. The minimum Gasteiger partial charge on any atom is -0.380 e. The first-order chi connectivity index (χ1) is 8.70. The molecule has 98 valence electrons. The van der Waals surface area contributed by atoms with E-state index in [1.807, 2.05) is 24.3 Å².